The minimum absolute atomic E-state index is 0.0663. The maximum absolute atomic E-state index is 12.9. The number of benzene rings is 1. The van der Waals surface area contributed by atoms with Crippen LogP contribution in [0.2, 0.25) is 0 Å². The Morgan fingerprint density at radius 2 is 1.72 bits per heavy atom. The Balaban J connectivity index is 1.51. The lowest BCUT2D eigenvalue weighted by Gasteiger charge is -2.21. The highest BCUT2D eigenvalue weighted by atomic mass is 19.1. The molecule has 1 aromatic carbocycles. The second-order valence-corrected chi connectivity index (χ2v) is 6.13. The van der Waals surface area contributed by atoms with Gasteiger partial charge in [0.05, 0.1) is 6.26 Å². The smallest absolute Gasteiger partial charge is 0.289 e. The fourth-order valence-corrected chi connectivity index (χ4v) is 2.99. The Kier molecular flexibility index (Phi) is 5.48. The van der Waals surface area contributed by atoms with Crippen molar-refractivity contribution in [2.24, 2.45) is 0 Å². The number of rotatable bonds is 4. The summed E-state index contributed by atoms with van der Waals surface area (Å²) in [5.74, 6) is -0.0118. The Bertz CT molecular complexity index is 713. The summed E-state index contributed by atoms with van der Waals surface area (Å²) < 4.78 is 18.1. The second kappa shape index (κ2) is 7.96. The summed E-state index contributed by atoms with van der Waals surface area (Å²) in [5, 5.41) is 0. The van der Waals surface area contributed by atoms with Crippen LogP contribution in [0.3, 0.4) is 0 Å². The highest BCUT2D eigenvalue weighted by Gasteiger charge is 2.23. The van der Waals surface area contributed by atoms with Crippen molar-refractivity contribution in [1.29, 1.82) is 0 Å². The van der Waals surface area contributed by atoms with Crippen molar-refractivity contribution >= 4 is 11.8 Å². The largest absolute Gasteiger partial charge is 0.459 e. The molecule has 132 valence electrons. The van der Waals surface area contributed by atoms with Gasteiger partial charge in [-0.3, -0.25) is 9.59 Å². The molecular weight excluding hydrogens is 323 g/mol. The maximum atomic E-state index is 12.9. The Labute approximate surface area is 146 Å². The lowest BCUT2D eigenvalue weighted by Crippen LogP contribution is -2.37. The summed E-state index contributed by atoms with van der Waals surface area (Å²) in [7, 11) is 0. The molecule has 3 rings (SSSR count). The number of aryl methyl sites for hydroxylation is 1. The molecule has 6 heteroatoms. The molecule has 2 heterocycles. The Morgan fingerprint density at radius 3 is 2.44 bits per heavy atom. The first-order chi connectivity index (χ1) is 12.1. The van der Waals surface area contributed by atoms with Gasteiger partial charge < -0.3 is 14.2 Å². The van der Waals surface area contributed by atoms with Crippen LogP contribution < -0.4 is 0 Å². The molecule has 0 atom stereocenters. The van der Waals surface area contributed by atoms with Gasteiger partial charge in [0, 0.05) is 32.6 Å². The van der Waals surface area contributed by atoms with E-state index in [9.17, 15) is 14.0 Å². The Morgan fingerprint density at radius 1 is 1.00 bits per heavy atom. The number of furan rings is 1. The van der Waals surface area contributed by atoms with Crippen LogP contribution in [0.4, 0.5) is 4.39 Å². The van der Waals surface area contributed by atoms with Crippen LogP contribution in [-0.4, -0.2) is 47.8 Å². The highest BCUT2D eigenvalue weighted by molar-refractivity contribution is 5.91. The summed E-state index contributed by atoms with van der Waals surface area (Å²) in [4.78, 5) is 28.3. The van der Waals surface area contributed by atoms with E-state index in [0.717, 1.165) is 12.0 Å². The molecule has 0 spiro atoms. The van der Waals surface area contributed by atoms with E-state index in [2.05, 4.69) is 0 Å². The normalized spacial score (nSPS) is 15.1. The molecule has 0 bridgehead atoms. The van der Waals surface area contributed by atoms with E-state index < -0.39 is 0 Å². The van der Waals surface area contributed by atoms with Crippen LogP contribution in [0.1, 0.15) is 29.0 Å². The summed E-state index contributed by atoms with van der Waals surface area (Å²) in [6, 6.07) is 9.56. The highest BCUT2D eigenvalue weighted by Crippen LogP contribution is 2.12. The first-order valence-electron chi connectivity index (χ1n) is 8.48. The van der Waals surface area contributed by atoms with Gasteiger partial charge in [-0.2, -0.15) is 0 Å². The van der Waals surface area contributed by atoms with Crippen molar-refractivity contribution in [1.82, 2.24) is 9.80 Å². The van der Waals surface area contributed by atoms with E-state index in [0.29, 0.717) is 44.8 Å². The summed E-state index contributed by atoms with van der Waals surface area (Å²) in [5.41, 5.74) is 0.944. The molecule has 1 aliphatic heterocycles. The van der Waals surface area contributed by atoms with Crippen molar-refractivity contribution in [2.75, 3.05) is 26.2 Å². The van der Waals surface area contributed by atoms with Crippen molar-refractivity contribution in [3.8, 4) is 0 Å². The van der Waals surface area contributed by atoms with Crippen LogP contribution >= 0.6 is 0 Å². The van der Waals surface area contributed by atoms with Gasteiger partial charge in [-0.15, -0.1) is 0 Å². The number of hydrogen-bond acceptors (Lipinski definition) is 3. The summed E-state index contributed by atoms with van der Waals surface area (Å²) in [6.45, 7) is 2.28. The molecule has 1 aromatic heterocycles. The predicted octanol–water partition coefficient (Wildman–Crippen LogP) is 2.73. The minimum atomic E-state index is -0.274. The van der Waals surface area contributed by atoms with Gasteiger partial charge in [-0.25, -0.2) is 4.39 Å². The molecule has 0 radical (unpaired) electrons. The molecule has 0 N–H and O–H groups in total. The number of nitrogens with zero attached hydrogens (tertiary/aromatic N) is 2. The minimum Gasteiger partial charge on any atom is -0.459 e. The summed E-state index contributed by atoms with van der Waals surface area (Å²) >= 11 is 0. The standard InChI is InChI=1S/C19H21FN2O3/c20-16-7-4-15(5-8-16)6-9-18(23)21-10-2-11-22(13-12-21)19(24)17-3-1-14-25-17/h1,3-5,7-8,14H,2,6,9-13H2. The molecule has 25 heavy (non-hydrogen) atoms. The lowest BCUT2D eigenvalue weighted by atomic mass is 10.1. The molecule has 5 nitrogen and oxygen atoms in total. The predicted molar refractivity (Wildman–Crippen MR) is 90.5 cm³/mol. The topological polar surface area (TPSA) is 53.8 Å². The van der Waals surface area contributed by atoms with E-state index in [1.807, 2.05) is 0 Å². The van der Waals surface area contributed by atoms with Crippen molar-refractivity contribution in [3.05, 3.63) is 59.8 Å². The second-order valence-electron chi connectivity index (χ2n) is 6.13. The van der Waals surface area contributed by atoms with Crippen molar-refractivity contribution < 1.29 is 18.4 Å². The molecule has 0 saturated carbocycles. The molecular formula is C19H21FN2O3. The zero-order valence-corrected chi connectivity index (χ0v) is 14.0. The third-order valence-corrected chi connectivity index (χ3v) is 4.41. The molecule has 1 aliphatic rings. The lowest BCUT2D eigenvalue weighted by molar-refractivity contribution is -0.131. The molecule has 2 amide bonds. The molecule has 1 saturated heterocycles. The average Bonchev–Trinajstić information content (AvgIpc) is 3.05. The molecule has 0 unspecified atom stereocenters. The van der Waals surface area contributed by atoms with Gasteiger partial charge in [0.1, 0.15) is 5.82 Å². The van der Waals surface area contributed by atoms with Crippen LogP contribution in [0.25, 0.3) is 0 Å². The van der Waals surface area contributed by atoms with Crippen LogP contribution in [0.15, 0.2) is 47.1 Å². The van der Waals surface area contributed by atoms with Gasteiger partial charge in [-0.1, -0.05) is 12.1 Å². The molecule has 2 aromatic rings. The zero-order valence-electron chi connectivity index (χ0n) is 14.0. The third kappa shape index (κ3) is 4.47. The van der Waals surface area contributed by atoms with E-state index in [1.54, 1.807) is 34.1 Å². The van der Waals surface area contributed by atoms with Crippen molar-refractivity contribution in [3.63, 3.8) is 0 Å². The summed E-state index contributed by atoms with van der Waals surface area (Å²) in [6.07, 6.45) is 3.20. The number of hydrogen-bond donors (Lipinski definition) is 0. The van der Waals surface area contributed by atoms with Crippen LogP contribution in [0.5, 0.6) is 0 Å². The van der Waals surface area contributed by atoms with Gasteiger partial charge in [0.25, 0.3) is 5.91 Å². The van der Waals surface area contributed by atoms with E-state index in [1.165, 1.54) is 18.4 Å². The monoisotopic (exact) mass is 344 g/mol. The van der Waals surface area contributed by atoms with E-state index in [-0.39, 0.29) is 17.6 Å². The van der Waals surface area contributed by atoms with Crippen LogP contribution in [0, 0.1) is 5.82 Å². The van der Waals surface area contributed by atoms with Crippen LogP contribution in [-0.2, 0) is 11.2 Å². The number of carbonyl (C=O) groups is 2. The molecule has 1 fully saturated rings. The fourth-order valence-electron chi connectivity index (χ4n) is 2.99. The van der Waals surface area contributed by atoms with Gasteiger partial charge >= 0.3 is 0 Å². The third-order valence-electron chi connectivity index (χ3n) is 4.41. The van der Waals surface area contributed by atoms with Crippen molar-refractivity contribution in [2.45, 2.75) is 19.3 Å². The number of carbonyl (C=O) groups excluding carboxylic acids is 2. The number of amides is 2. The average molecular weight is 344 g/mol. The fraction of sp³-hybridized carbons (Fsp3) is 0.368. The zero-order chi connectivity index (χ0) is 17.6. The van der Waals surface area contributed by atoms with E-state index in [4.69, 9.17) is 4.42 Å². The first kappa shape index (κ1) is 17.2. The first-order valence-corrected chi connectivity index (χ1v) is 8.48. The van der Waals surface area contributed by atoms with Gasteiger partial charge in [-0.05, 0) is 42.7 Å². The SMILES string of the molecule is O=C(CCc1ccc(F)cc1)N1CCCN(C(=O)c2ccco2)CC1. The maximum Gasteiger partial charge on any atom is 0.289 e. The van der Waals surface area contributed by atoms with Gasteiger partial charge in [0.15, 0.2) is 5.76 Å². The quantitative estimate of drug-likeness (QED) is 0.857. The molecule has 0 aliphatic carbocycles. The number of halogens is 1. The van der Waals surface area contributed by atoms with E-state index >= 15 is 0 Å². The van der Waals surface area contributed by atoms with Gasteiger partial charge in [0.2, 0.25) is 5.91 Å². The Hall–Kier alpha value is -2.63.